The predicted octanol–water partition coefficient (Wildman–Crippen LogP) is 0.589. The standard InChI is InChI=1S/C5H4N2O5/c1-2-3(7(10)11)4(5(8)9)12-6-2/h1H3,(H,8,9). The number of aromatic nitrogens is 1. The van der Waals surface area contributed by atoms with Gasteiger partial charge in [0.05, 0.1) is 4.92 Å². The maximum absolute atomic E-state index is 10.3. The van der Waals surface area contributed by atoms with E-state index in [9.17, 15) is 14.9 Å². The van der Waals surface area contributed by atoms with E-state index in [-0.39, 0.29) is 5.69 Å². The number of carboxylic acid groups (broad SMARTS) is 1. The highest BCUT2D eigenvalue weighted by molar-refractivity contribution is 5.89. The molecule has 0 aliphatic rings. The first-order valence-corrected chi connectivity index (χ1v) is 2.88. The molecule has 0 radical (unpaired) electrons. The van der Waals surface area contributed by atoms with Crippen LogP contribution in [-0.4, -0.2) is 21.2 Å². The Balaban J connectivity index is 3.31. The Morgan fingerprint density at radius 3 is 2.67 bits per heavy atom. The van der Waals surface area contributed by atoms with Crippen molar-refractivity contribution in [3.8, 4) is 0 Å². The Bertz CT molecular complexity index is 342. The van der Waals surface area contributed by atoms with Crippen LogP contribution in [0.25, 0.3) is 0 Å². The number of carboxylic acids is 1. The molecule has 7 heteroatoms. The molecule has 0 spiro atoms. The van der Waals surface area contributed by atoms with Crippen LogP contribution in [0.4, 0.5) is 5.69 Å². The van der Waals surface area contributed by atoms with Crippen molar-refractivity contribution in [2.45, 2.75) is 6.92 Å². The van der Waals surface area contributed by atoms with Crippen LogP contribution in [0.3, 0.4) is 0 Å². The van der Waals surface area contributed by atoms with Crippen LogP contribution < -0.4 is 0 Å². The SMILES string of the molecule is Cc1noc(C(=O)O)c1[N+](=O)[O-]. The Morgan fingerprint density at radius 1 is 1.75 bits per heavy atom. The lowest BCUT2D eigenvalue weighted by Gasteiger charge is -1.86. The van der Waals surface area contributed by atoms with Gasteiger partial charge in [-0.15, -0.1) is 0 Å². The molecule has 0 saturated heterocycles. The van der Waals surface area contributed by atoms with Crippen molar-refractivity contribution in [1.82, 2.24) is 5.16 Å². The monoisotopic (exact) mass is 172 g/mol. The Morgan fingerprint density at radius 2 is 2.33 bits per heavy atom. The van der Waals surface area contributed by atoms with Gasteiger partial charge in [-0.25, -0.2) is 4.79 Å². The van der Waals surface area contributed by atoms with Crippen molar-refractivity contribution < 1.29 is 19.3 Å². The summed E-state index contributed by atoms with van der Waals surface area (Å²) in [4.78, 5) is 19.7. The van der Waals surface area contributed by atoms with Crippen molar-refractivity contribution in [1.29, 1.82) is 0 Å². The molecule has 1 N–H and O–H groups in total. The Hall–Kier alpha value is -1.92. The van der Waals surface area contributed by atoms with Crippen molar-refractivity contribution >= 4 is 11.7 Å². The first-order valence-electron chi connectivity index (χ1n) is 2.88. The number of nitrogens with zero attached hydrogens (tertiary/aromatic N) is 2. The minimum atomic E-state index is -1.50. The number of hydrogen-bond acceptors (Lipinski definition) is 5. The summed E-state index contributed by atoms with van der Waals surface area (Å²) in [5, 5.41) is 21.8. The van der Waals surface area contributed by atoms with E-state index in [0.29, 0.717) is 0 Å². The molecule has 12 heavy (non-hydrogen) atoms. The minimum absolute atomic E-state index is 0.0441. The molecule has 0 saturated carbocycles. The fraction of sp³-hybridized carbons (Fsp3) is 0.200. The summed E-state index contributed by atoms with van der Waals surface area (Å²) in [5.41, 5.74) is -0.639. The summed E-state index contributed by atoms with van der Waals surface area (Å²) in [5.74, 6) is -2.24. The molecule has 1 aromatic rings. The molecule has 1 aromatic heterocycles. The zero-order valence-electron chi connectivity index (χ0n) is 5.97. The summed E-state index contributed by atoms with van der Waals surface area (Å²) in [6, 6.07) is 0. The average molecular weight is 172 g/mol. The van der Waals surface area contributed by atoms with Crippen molar-refractivity contribution in [2.75, 3.05) is 0 Å². The molecule has 0 unspecified atom stereocenters. The molecule has 0 bridgehead atoms. The van der Waals surface area contributed by atoms with E-state index >= 15 is 0 Å². The summed E-state index contributed by atoms with van der Waals surface area (Å²) < 4.78 is 4.23. The van der Waals surface area contributed by atoms with Gasteiger partial charge < -0.3 is 9.63 Å². The number of nitro groups is 1. The number of aromatic carboxylic acids is 1. The quantitative estimate of drug-likeness (QED) is 0.516. The van der Waals surface area contributed by atoms with Gasteiger partial charge in [0.2, 0.25) is 0 Å². The van der Waals surface area contributed by atoms with Gasteiger partial charge in [0.15, 0.2) is 5.69 Å². The van der Waals surface area contributed by atoms with Gasteiger partial charge in [0.25, 0.3) is 0 Å². The van der Waals surface area contributed by atoms with Gasteiger partial charge in [0, 0.05) is 0 Å². The van der Waals surface area contributed by atoms with E-state index in [1.807, 2.05) is 0 Å². The number of carbonyl (C=O) groups is 1. The lowest BCUT2D eigenvalue weighted by atomic mass is 10.3. The van der Waals surface area contributed by atoms with Crippen LogP contribution in [0.1, 0.15) is 16.2 Å². The van der Waals surface area contributed by atoms with Gasteiger partial charge >= 0.3 is 17.4 Å². The van der Waals surface area contributed by atoms with E-state index in [1.165, 1.54) is 6.92 Å². The Kier molecular flexibility index (Phi) is 1.78. The van der Waals surface area contributed by atoms with E-state index in [0.717, 1.165) is 0 Å². The fourth-order valence-electron chi connectivity index (χ4n) is 0.720. The maximum Gasteiger partial charge on any atom is 0.382 e. The smallest absolute Gasteiger partial charge is 0.382 e. The van der Waals surface area contributed by atoms with Crippen molar-refractivity contribution in [3.63, 3.8) is 0 Å². The number of rotatable bonds is 2. The molecular weight excluding hydrogens is 168 g/mol. The highest BCUT2D eigenvalue weighted by Gasteiger charge is 2.29. The third-order valence-corrected chi connectivity index (χ3v) is 1.21. The number of aryl methyl sites for hydroxylation is 1. The van der Waals surface area contributed by atoms with Gasteiger partial charge in [-0.3, -0.25) is 10.1 Å². The highest BCUT2D eigenvalue weighted by Crippen LogP contribution is 2.21. The fourth-order valence-corrected chi connectivity index (χ4v) is 0.720. The number of hydrogen-bond donors (Lipinski definition) is 1. The summed E-state index contributed by atoms with van der Waals surface area (Å²) in [6.07, 6.45) is 0. The highest BCUT2D eigenvalue weighted by atomic mass is 16.6. The van der Waals surface area contributed by atoms with Gasteiger partial charge in [0.1, 0.15) is 0 Å². The lowest BCUT2D eigenvalue weighted by Crippen LogP contribution is -1.99. The zero-order valence-corrected chi connectivity index (χ0v) is 5.97. The van der Waals surface area contributed by atoms with Gasteiger partial charge in [-0.05, 0) is 6.92 Å². The summed E-state index contributed by atoms with van der Waals surface area (Å²) in [6.45, 7) is 1.30. The van der Waals surface area contributed by atoms with E-state index < -0.39 is 22.3 Å². The molecule has 0 amide bonds. The normalized spacial score (nSPS) is 9.75. The van der Waals surface area contributed by atoms with Crippen LogP contribution in [0, 0.1) is 17.0 Å². The average Bonchev–Trinajstić information content (AvgIpc) is 2.30. The van der Waals surface area contributed by atoms with E-state index in [1.54, 1.807) is 0 Å². The van der Waals surface area contributed by atoms with E-state index in [2.05, 4.69) is 9.68 Å². The minimum Gasteiger partial charge on any atom is -0.475 e. The van der Waals surface area contributed by atoms with Crippen LogP contribution in [0.15, 0.2) is 4.52 Å². The van der Waals surface area contributed by atoms with Crippen LogP contribution in [-0.2, 0) is 0 Å². The van der Waals surface area contributed by atoms with Crippen LogP contribution in [0.5, 0.6) is 0 Å². The molecule has 0 aliphatic carbocycles. The molecule has 7 nitrogen and oxygen atoms in total. The van der Waals surface area contributed by atoms with Crippen molar-refractivity contribution in [3.05, 3.63) is 21.6 Å². The molecule has 0 aromatic carbocycles. The molecule has 0 aliphatic heterocycles. The molecule has 1 rings (SSSR count). The molecule has 0 fully saturated rings. The van der Waals surface area contributed by atoms with E-state index in [4.69, 9.17) is 5.11 Å². The topological polar surface area (TPSA) is 106 Å². The second-order valence-electron chi connectivity index (χ2n) is 2.01. The molecule has 1 heterocycles. The third-order valence-electron chi connectivity index (χ3n) is 1.21. The van der Waals surface area contributed by atoms with Gasteiger partial charge in [-0.2, -0.15) is 0 Å². The molecule has 0 atom stereocenters. The largest absolute Gasteiger partial charge is 0.475 e. The second kappa shape index (κ2) is 2.61. The van der Waals surface area contributed by atoms with Crippen LogP contribution >= 0.6 is 0 Å². The summed E-state index contributed by atoms with van der Waals surface area (Å²) >= 11 is 0. The molecular formula is C5H4N2O5. The van der Waals surface area contributed by atoms with Crippen molar-refractivity contribution in [2.24, 2.45) is 0 Å². The Labute approximate surface area is 65.7 Å². The first kappa shape index (κ1) is 8.18. The lowest BCUT2D eigenvalue weighted by molar-refractivity contribution is -0.386. The first-order chi connectivity index (χ1) is 5.54. The summed E-state index contributed by atoms with van der Waals surface area (Å²) in [7, 11) is 0. The third kappa shape index (κ3) is 1.11. The van der Waals surface area contributed by atoms with Crippen LogP contribution in [0.2, 0.25) is 0 Å². The second-order valence-corrected chi connectivity index (χ2v) is 2.01. The maximum atomic E-state index is 10.3. The van der Waals surface area contributed by atoms with Gasteiger partial charge in [-0.1, -0.05) is 5.16 Å². The molecule has 64 valence electrons. The zero-order chi connectivity index (χ0) is 9.30. The predicted molar refractivity (Wildman–Crippen MR) is 34.9 cm³/mol.